The molecular weight excluding hydrogens is 260 g/mol. The molecule has 1 aromatic carbocycles. The van der Waals surface area contributed by atoms with E-state index in [4.69, 9.17) is 11.6 Å². The highest BCUT2D eigenvalue weighted by atomic mass is 35.5. The summed E-state index contributed by atoms with van der Waals surface area (Å²) in [5, 5.41) is 3.90. The summed E-state index contributed by atoms with van der Waals surface area (Å²) >= 11 is 5.74. The Bertz CT molecular complexity index is 566. The molecule has 0 saturated carbocycles. The third-order valence-electron chi connectivity index (χ3n) is 3.18. The minimum Gasteiger partial charge on any atom is -0.349 e. The van der Waals surface area contributed by atoms with Crippen molar-refractivity contribution in [2.75, 3.05) is 5.88 Å². The van der Waals surface area contributed by atoms with Crippen LogP contribution in [0, 0.1) is 0 Å². The number of nitrogens with zero attached hydrogens (tertiary/aromatic N) is 1. The van der Waals surface area contributed by atoms with Gasteiger partial charge >= 0.3 is 0 Å². The van der Waals surface area contributed by atoms with Crippen LogP contribution in [0.3, 0.4) is 0 Å². The molecule has 0 radical (unpaired) electrons. The first-order valence-electron chi connectivity index (χ1n) is 6.46. The SMILES string of the molecule is CCC(CCCl)NC(=O)c1ccnc2ccccc12. The lowest BCUT2D eigenvalue weighted by Crippen LogP contribution is -2.34. The number of pyridine rings is 1. The summed E-state index contributed by atoms with van der Waals surface area (Å²) in [6.07, 6.45) is 3.33. The number of aromatic nitrogens is 1. The number of amides is 1. The molecule has 0 aliphatic carbocycles. The number of halogens is 1. The van der Waals surface area contributed by atoms with Gasteiger partial charge in [0, 0.05) is 23.5 Å². The molecule has 2 aromatic rings. The number of nitrogens with one attached hydrogen (secondary N) is 1. The number of carbonyl (C=O) groups is 1. The van der Waals surface area contributed by atoms with Gasteiger partial charge in [-0.25, -0.2) is 0 Å². The fraction of sp³-hybridized carbons (Fsp3) is 0.333. The monoisotopic (exact) mass is 276 g/mol. The Morgan fingerprint density at radius 3 is 2.89 bits per heavy atom. The molecule has 2 rings (SSSR count). The van der Waals surface area contributed by atoms with E-state index in [9.17, 15) is 4.79 Å². The molecule has 0 spiro atoms. The lowest BCUT2D eigenvalue weighted by molar-refractivity contribution is 0.0936. The summed E-state index contributed by atoms with van der Waals surface area (Å²) in [7, 11) is 0. The normalized spacial score (nSPS) is 12.3. The molecule has 0 bridgehead atoms. The van der Waals surface area contributed by atoms with Gasteiger partial charge in [0.2, 0.25) is 0 Å². The van der Waals surface area contributed by atoms with E-state index >= 15 is 0 Å². The van der Waals surface area contributed by atoms with Crippen LogP contribution in [0.25, 0.3) is 10.9 Å². The van der Waals surface area contributed by atoms with Gasteiger partial charge in [0.25, 0.3) is 5.91 Å². The van der Waals surface area contributed by atoms with Crippen molar-refractivity contribution in [3.63, 3.8) is 0 Å². The van der Waals surface area contributed by atoms with Crippen molar-refractivity contribution in [2.45, 2.75) is 25.8 Å². The van der Waals surface area contributed by atoms with Gasteiger partial charge in [0.1, 0.15) is 0 Å². The maximum absolute atomic E-state index is 12.3. The molecule has 3 nitrogen and oxygen atoms in total. The Hall–Kier alpha value is -1.61. The van der Waals surface area contributed by atoms with Gasteiger partial charge in [-0.2, -0.15) is 0 Å². The van der Waals surface area contributed by atoms with Crippen molar-refractivity contribution in [3.05, 3.63) is 42.1 Å². The molecule has 0 aliphatic heterocycles. The Balaban J connectivity index is 2.26. The van der Waals surface area contributed by atoms with Gasteiger partial charge in [-0.05, 0) is 25.0 Å². The number of hydrogen-bond donors (Lipinski definition) is 1. The molecule has 19 heavy (non-hydrogen) atoms. The molecular formula is C15H17ClN2O. The van der Waals surface area contributed by atoms with Crippen LogP contribution in [-0.2, 0) is 0 Å². The largest absolute Gasteiger partial charge is 0.349 e. The number of rotatable bonds is 5. The van der Waals surface area contributed by atoms with Crippen LogP contribution < -0.4 is 5.32 Å². The van der Waals surface area contributed by atoms with Crippen LogP contribution in [-0.4, -0.2) is 22.8 Å². The molecule has 0 saturated heterocycles. The summed E-state index contributed by atoms with van der Waals surface area (Å²) in [5.41, 5.74) is 1.50. The Kier molecular flexibility index (Phi) is 4.74. The van der Waals surface area contributed by atoms with Gasteiger partial charge < -0.3 is 5.32 Å². The van der Waals surface area contributed by atoms with Crippen molar-refractivity contribution in [1.82, 2.24) is 10.3 Å². The predicted octanol–water partition coefficient (Wildman–Crippen LogP) is 3.37. The standard InChI is InChI=1S/C15H17ClN2O/c1-2-11(7-9-16)18-15(19)13-8-10-17-14-6-4-3-5-12(13)14/h3-6,8,10-11H,2,7,9H2,1H3,(H,18,19). The van der Waals surface area contributed by atoms with Crippen LogP contribution >= 0.6 is 11.6 Å². The van der Waals surface area contributed by atoms with E-state index in [1.807, 2.05) is 31.2 Å². The first-order chi connectivity index (χ1) is 9.26. The third-order valence-corrected chi connectivity index (χ3v) is 3.40. The third kappa shape index (κ3) is 3.24. The second-order valence-electron chi connectivity index (χ2n) is 4.43. The smallest absolute Gasteiger partial charge is 0.252 e. The van der Waals surface area contributed by atoms with E-state index in [1.165, 1.54) is 0 Å². The Labute approximate surface area is 118 Å². The van der Waals surface area contributed by atoms with E-state index < -0.39 is 0 Å². The minimum atomic E-state index is -0.0597. The zero-order valence-electron chi connectivity index (χ0n) is 10.9. The topological polar surface area (TPSA) is 42.0 Å². The average molecular weight is 277 g/mol. The molecule has 1 N–H and O–H groups in total. The number of hydrogen-bond acceptors (Lipinski definition) is 2. The van der Waals surface area contributed by atoms with E-state index in [-0.39, 0.29) is 11.9 Å². The Morgan fingerprint density at radius 1 is 1.37 bits per heavy atom. The second-order valence-corrected chi connectivity index (χ2v) is 4.81. The van der Waals surface area contributed by atoms with Crippen LogP contribution in [0.5, 0.6) is 0 Å². The lowest BCUT2D eigenvalue weighted by Gasteiger charge is -2.16. The van der Waals surface area contributed by atoms with E-state index in [2.05, 4.69) is 10.3 Å². The van der Waals surface area contributed by atoms with E-state index in [1.54, 1.807) is 12.3 Å². The summed E-state index contributed by atoms with van der Waals surface area (Å²) in [6.45, 7) is 2.04. The number of fused-ring (bicyclic) bond motifs is 1. The first-order valence-corrected chi connectivity index (χ1v) is 7.00. The van der Waals surface area contributed by atoms with Crippen LogP contribution in [0.1, 0.15) is 30.1 Å². The quantitative estimate of drug-likeness (QED) is 0.851. The predicted molar refractivity (Wildman–Crippen MR) is 78.6 cm³/mol. The molecule has 1 unspecified atom stereocenters. The zero-order valence-corrected chi connectivity index (χ0v) is 11.7. The molecule has 1 aromatic heterocycles. The van der Waals surface area contributed by atoms with E-state index in [0.29, 0.717) is 11.4 Å². The van der Waals surface area contributed by atoms with Crippen LogP contribution in [0.15, 0.2) is 36.5 Å². The number of para-hydroxylation sites is 1. The molecule has 0 fully saturated rings. The van der Waals surface area contributed by atoms with Gasteiger partial charge in [-0.1, -0.05) is 25.1 Å². The highest BCUT2D eigenvalue weighted by molar-refractivity contribution is 6.17. The summed E-state index contributed by atoms with van der Waals surface area (Å²) in [6, 6.07) is 9.53. The summed E-state index contributed by atoms with van der Waals surface area (Å²) in [5.74, 6) is 0.492. The molecule has 1 amide bonds. The average Bonchev–Trinajstić information content (AvgIpc) is 2.46. The van der Waals surface area contributed by atoms with Crippen molar-refractivity contribution in [3.8, 4) is 0 Å². The maximum atomic E-state index is 12.3. The maximum Gasteiger partial charge on any atom is 0.252 e. The Morgan fingerprint density at radius 2 is 2.16 bits per heavy atom. The van der Waals surface area contributed by atoms with Crippen molar-refractivity contribution in [2.24, 2.45) is 0 Å². The molecule has 4 heteroatoms. The van der Waals surface area contributed by atoms with Crippen molar-refractivity contribution < 1.29 is 4.79 Å². The number of carbonyl (C=O) groups excluding carboxylic acids is 1. The van der Waals surface area contributed by atoms with Gasteiger partial charge in [-0.3, -0.25) is 9.78 Å². The molecule has 1 atom stereocenters. The molecule has 1 heterocycles. The van der Waals surface area contributed by atoms with Crippen molar-refractivity contribution >= 4 is 28.4 Å². The first kappa shape index (κ1) is 13.8. The number of benzene rings is 1. The molecule has 0 aliphatic rings. The summed E-state index contributed by atoms with van der Waals surface area (Å²) in [4.78, 5) is 16.6. The van der Waals surface area contributed by atoms with Crippen LogP contribution in [0.2, 0.25) is 0 Å². The zero-order chi connectivity index (χ0) is 13.7. The summed E-state index contributed by atoms with van der Waals surface area (Å²) < 4.78 is 0. The second kappa shape index (κ2) is 6.53. The fourth-order valence-corrected chi connectivity index (χ4v) is 2.33. The highest BCUT2D eigenvalue weighted by Gasteiger charge is 2.14. The van der Waals surface area contributed by atoms with Crippen molar-refractivity contribution in [1.29, 1.82) is 0 Å². The minimum absolute atomic E-state index is 0.0597. The molecule has 100 valence electrons. The number of alkyl halides is 1. The van der Waals surface area contributed by atoms with Gasteiger partial charge in [0.05, 0.1) is 11.1 Å². The van der Waals surface area contributed by atoms with Gasteiger partial charge in [0.15, 0.2) is 0 Å². The van der Waals surface area contributed by atoms with Gasteiger partial charge in [-0.15, -0.1) is 11.6 Å². The van der Waals surface area contributed by atoms with E-state index in [0.717, 1.165) is 23.7 Å². The van der Waals surface area contributed by atoms with Crippen LogP contribution in [0.4, 0.5) is 0 Å². The highest BCUT2D eigenvalue weighted by Crippen LogP contribution is 2.16. The lowest BCUT2D eigenvalue weighted by atomic mass is 10.1. The fourth-order valence-electron chi connectivity index (χ4n) is 2.07.